The predicted octanol–water partition coefficient (Wildman–Crippen LogP) is 3.20. The van der Waals surface area contributed by atoms with Gasteiger partial charge in [0.05, 0.1) is 29.2 Å². The van der Waals surface area contributed by atoms with Gasteiger partial charge in [-0.15, -0.1) is 11.3 Å². The average molecular weight is 378 g/mol. The number of aliphatic hydroxyl groups excluding tert-OH is 1. The van der Waals surface area contributed by atoms with E-state index in [-0.39, 0.29) is 6.61 Å². The van der Waals surface area contributed by atoms with E-state index in [1.165, 1.54) is 11.3 Å². The highest BCUT2D eigenvalue weighted by molar-refractivity contribution is 7.13. The summed E-state index contributed by atoms with van der Waals surface area (Å²) in [6.45, 7) is 4.51. The molecule has 0 unspecified atom stereocenters. The minimum absolute atomic E-state index is 0.00129. The van der Waals surface area contributed by atoms with Crippen molar-refractivity contribution in [1.29, 1.82) is 5.26 Å². The summed E-state index contributed by atoms with van der Waals surface area (Å²) in [6, 6.07) is 7.86. The van der Waals surface area contributed by atoms with E-state index in [1.54, 1.807) is 12.3 Å². The molecule has 0 radical (unpaired) electrons. The molecule has 3 aromatic rings. The molecule has 3 N–H and O–H groups in total. The van der Waals surface area contributed by atoms with Gasteiger partial charge in [0.1, 0.15) is 6.07 Å². The minimum Gasteiger partial charge on any atom is -0.395 e. The zero-order valence-electron chi connectivity index (χ0n) is 14.9. The van der Waals surface area contributed by atoms with Crippen LogP contribution in [0.25, 0.3) is 11.3 Å². The molecule has 0 saturated carbocycles. The van der Waals surface area contributed by atoms with E-state index in [0.29, 0.717) is 23.8 Å². The van der Waals surface area contributed by atoms with E-state index >= 15 is 0 Å². The molecule has 3 heterocycles. The van der Waals surface area contributed by atoms with Crippen molar-refractivity contribution in [2.75, 3.05) is 23.8 Å². The van der Waals surface area contributed by atoms with Crippen molar-refractivity contribution in [3.05, 3.63) is 46.6 Å². The van der Waals surface area contributed by atoms with Gasteiger partial charge in [0.15, 0.2) is 5.13 Å². The number of anilines is 3. The highest BCUT2D eigenvalue weighted by Crippen LogP contribution is 2.41. The number of hydrogen-bond acceptors (Lipinski definition) is 8. The molecule has 0 saturated heterocycles. The molecule has 1 aliphatic heterocycles. The molecule has 0 bridgehead atoms. The van der Waals surface area contributed by atoms with E-state index in [0.717, 1.165) is 27.6 Å². The topological polar surface area (TPSA) is 107 Å². The van der Waals surface area contributed by atoms with Crippen LogP contribution in [0.3, 0.4) is 0 Å². The third kappa shape index (κ3) is 3.12. The minimum atomic E-state index is -0.427. The molecular weight excluding hydrogens is 360 g/mol. The quantitative estimate of drug-likeness (QED) is 0.640. The van der Waals surface area contributed by atoms with Crippen molar-refractivity contribution in [2.45, 2.75) is 19.3 Å². The van der Waals surface area contributed by atoms with E-state index < -0.39 is 5.41 Å². The average Bonchev–Trinajstić information content (AvgIpc) is 3.25. The first-order chi connectivity index (χ1) is 13.0. The summed E-state index contributed by atoms with van der Waals surface area (Å²) < 4.78 is 0. The van der Waals surface area contributed by atoms with Crippen LogP contribution in [0.15, 0.2) is 29.8 Å². The van der Waals surface area contributed by atoms with E-state index in [4.69, 9.17) is 0 Å². The lowest BCUT2D eigenvalue weighted by Crippen LogP contribution is -2.28. The maximum absolute atomic E-state index is 9.84. The summed E-state index contributed by atoms with van der Waals surface area (Å²) in [4.78, 5) is 13.2. The van der Waals surface area contributed by atoms with Crippen LogP contribution < -0.4 is 10.6 Å². The summed E-state index contributed by atoms with van der Waals surface area (Å²) in [6.07, 6.45) is 1.67. The molecule has 4 rings (SSSR count). The molecule has 8 heteroatoms. The molecule has 1 aliphatic rings. The van der Waals surface area contributed by atoms with Crippen LogP contribution in [0.2, 0.25) is 0 Å². The van der Waals surface area contributed by atoms with Crippen molar-refractivity contribution < 1.29 is 5.11 Å². The Bertz CT molecular complexity index is 1060. The number of hydrogen-bond donors (Lipinski definition) is 3. The van der Waals surface area contributed by atoms with Gasteiger partial charge >= 0.3 is 0 Å². The van der Waals surface area contributed by atoms with Crippen LogP contribution in [-0.4, -0.2) is 33.2 Å². The van der Waals surface area contributed by atoms with Gasteiger partial charge in [-0.2, -0.15) is 5.26 Å². The maximum Gasteiger partial charge on any atom is 0.229 e. The zero-order valence-corrected chi connectivity index (χ0v) is 15.8. The molecule has 27 heavy (non-hydrogen) atoms. The van der Waals surface area contributed by atoms with E-state index in [9.17, 15) is 10.4 Å². The van der Waals surface area contributed by atoms with Crippen molar-refractivity contribution in [3.8, 4) is 17.3 Å². The summed E-state index contributed by atoms with van der Waals surface area (Å²) in [5, 5.41) is 28.5. The lowest BCUT2D eigenvalue weighted by molar-refractivity contribution is 0.219. The summed E-state index contributed by atoms with van der Waals surface area (Å²) >= 11 is 1.49. The summed E-state index contributed by atoms with van der Waals surface area (Å²) in [5.41, 5.74) is 4.30. The number of rotatable bonds is 4. The summed E-state index contributed by atoms with van der Waals surface area (Å²) in [7, 11) is 0. The Morgan fingerprint density at radius 2 is 2.26 bits per heavy atom. The lowest BCUT2D eigenvalue weighted by atomic mass is 9.83. The second-order valence-electron chi connectivity index (χ2n) is 6.82. The van der Waals surface area contributed by atoms with Gasteiger partial charge in [0.2, 0.25) is 5.95 Å². The first-order valence-electron chi connectivity index (χ1n) is 8.48. The van der Waals surface area contributed by atoms with Crippen LogP contribution in [-0.2, 0) is 5.41 Å². The van der Waals surface area contributed by atoms with Gasteiger partial charge in [-0.25, -0.2) is 15.0 Å². The van der Waals surface area contributed by atoms with Gasteiger partial charge in [-0.05, 0) is 30.7 Å². The number of nitrogens with zero attached hydrogens (tertiary/aromatic N) is 4. The number of fused-ring (bicyclic) bond motifs is 1. The molecule has 7 nitrogen and oxygen atoms in total. The first kappa shape index (κ1) is 17.4. The Morgan fingerprint density at radius 3 is 2.96 bits per heavy atom. The largest absolute Gasteiger partial charge is 0.395 e. The zero-order chi connectivity index (χ0) is 19.0. The monoisotopic (exact) mass is 378 g/mol. The maximum atomic E-state index is 9.84. The molecule has 0 amide bonds. The third-order valence-corrected chi connectivity index (χ3v) is 5.58. The van der Waals surface area contributed by atoms with Gasteiger partial charge < -0.3 is 15.7 Å². The Morgan fingerprint density at radius 1 is 1.41 bits per heavy atom. The second-order valence-corrected chi connectivity index (χ2v) is 7.67. The molecule has 0 fully saturated rings. The van der Waals surface area contributed by atoms with Crippen LogP contribution in [0.4, 0.5) is 16.8 Å². The van der Waals surface area contributed by atoms with Crippen LogP contribution >= 0.6 is 11.3 Å². The Hall–Kier alpha value is -3.02. The fourth-order valence-corrected chi connectivity index (χ4v) is 3.83. The van der Waals surface area contributed by atoms with Gasteiger partial charge in [-0.1, -0.05) is 6.92 Å². The lowest BCUT2D eigenvalue weighted by Gasteiger charge is -2.21. The Labute approximate surface area is 160 Å². The van der Waals surface area contributed by atoms with Crippen LogP contribution in [0.1, 0.15) is 23.7 Å². The predicted molar refractivity (Wildman–Crippen MR) is 105 cm³/mol. The molecule has 0 spiro atoms. The number of aliphatic hydroxyl groups is 1. The molecule has 2 aromatic heterocycles. The van der Waals surface area contributed by atoms with Gasteiger partial charge in [0, 0.05) is 29.1 Å². The SMILES string of the molecule is Cc1csc(Nc2nccc(-c3cc(C#N)c4c(c3)[C@@](C)(CO)CN4)n2)n1. The normalized spacial score (nSPS) is 17.9. The summed E-state index contributed by atoms with van der Waals surface area (Å²) in [5.74, 6) is 0.448. The Balaban J connectivity index is 1.75. The first-order valence-corrected chi connectivity index (χ1v) is 9.36. The van der Waals surface area contributed by atoms with Crippen molar-refractivity contribution >= 4 is 28.1 Å². The fraction of sp³-hybridized carbons (Fsp3) is 0.263. The number of thiazole rings is 1. The number of nitrogens with one attached hydrogen (secondary N) is 2. The third-order valence-electron chi connectivity index (χ3n) is 4.70. The number of nitriles is 1. The highest BCUT2D eigenvalue weighted by Gasteiger charge is 2.35. The van der Waals surface area contributed by atoms with Crippen molar-refractivity contribution in [2.24, 2.45) is 0 Å². The second kappa shape index (κ2) is 6.61. The van der Waals surface area contributed by atoms with E-state index in [2.05, 4.69) is 31.7 Å². The van der Waals surface area contributed by atoms with Crippen LogP contribution in [0, 0.1) is 18.3 Å². The smallest absolute Gasteiger partial charge is 0.229 e. The van der Waals surface area contributed by atoms with Crippen LogP contribution in [0.5, 0.6) is 0 Å². The van der Waals surface area contributed by atoms with Crippen molar-refractivity contribution in [3.63, 3.8) is 0 Å². The van der Waals surface area contributed by atoms with Crippen molar-refractivity contribution in [1.82, 2.24) is 15.0 Å². The molecule has 0 aliphatic carbocycles. The molecule has 1 atom stereocenters. The molecule has 1 aromatic carbocycles. The molecule has 136 valence electrons. The fourth-order valence-electron chi connectivity index (χ4n) is 3.15. The number of aromatic nitrogens is 3. The van der Waals surface area contributed by atoms with Gasteiger partial charge in [-0.3, -0.25) is 0 Å². The highest BCUT2D eigenvalue weighted by atomic mass is 32.1. The number of benzene rings is 1. The Kier molecular flexibility index (Phi) is 4.26. The molecular formula is C19H18N6OS. The standard InChI is InChI=1S/C19H18N6OS/c1-11-8-27-18(23-11)25-17-21-4-3-15(24-17)12-5-13(7-20)16-14(6-12)19(2,10-26)9-22-16/h3-6,8,22,26H,9-10H2,1-2H3,(H,21,23,24,25)/t19-/m1/s1. The van der Waals surface area contributed by atoms with Gasteiger partial charge in [0.25, 0.3) is 0 Å². The number of aryl methyl sites for hydroxylation is 1. The van der Waals surface area contributed by atoms with E-state index in [1.807, 2.05) is 31.4 Å².